The molecule has 1 aromatic heterocycles. The molecule has 2 fully saturated rings. The zero-order chi connectivity index (χ0) is 17.3. The third-order valence-corrected chi connectivity index (χ3v) is 4.96. The van der Waals surface area contributed by atoms with E-state index in [4.69, 9.17) is 4.74 Å². The molecule has 2 aliphatic rings. The number of hydrogen-bond donors (Lipinski definition) is 1. The van der Waals surface area contributed by atoms with Gasteiger partial charge in [0.25, 0.3) is 0 Å². The fourth-order valence-electron chi connectivity index (χ4n) is 3.88. The van der Waals surface area contributed by atoms with Gasteiger partial charge in [0.05, 0.1) is 32.0 Å². The standard InChI is InChI=1S/C16H22N4O4/c1-3-13-12(16(23)24-2)7-11-8-19(9-15(22)20(11)13)14(21)6-10-4-5-17-18-10/h4-5,11-13H,3,6-9H2,1-2H3,(H,17,18)/t11-,12-,13-/m0/s1. The number of fused-ring (bicyclic) bond motifs is 1. The SMILES string of the molecule is CC[C@H]1[C@@H](C(=O)OC)C[C@H]2CN(C(=O)Cc3ccn[nH]3)CC(=O)N21. The van der Waals surface area contributed by atoms with Crippen molar-refractivity contribution in [2.24, 2.45) is 5.92 Å². The fraction of sp³-hybridized carbons (Fsp3) is 0.625. The van der Waals surface area contributed by atoms with E-state index >= 15 is 0 Å². The second kappa shape index (κ2) is 6.62. The number of methoxy groups -OCH3 is 1. The van der Waals surface area contributed by atoms with Gasteiger partial charge in [-0.1, -0.05) is 6.92 Å². The van der Waals surface area contributed by atoms with Gasteiger partial charge in [0.1, 0.15) is 0 Å². The number of nitrogens with zero attached hydrogens (tertiary/aromatic N) is 3. The zero-order valence-corrected chi connectivity index (χ0v) is 13.9. The lowest BCUT2D eigenvalue weighted by molar-refractivity contribution is -0.150. The van der Waals surface area contributed by atoms with Gasteiger partial charge in [-0.05, 0) is 18.9 Å². The fourth-order valence-corrected chi connectivity index (χ4v) is 3.88. The molecule has 0 spiro atoms. The summed E-state index contributed by atoms with van der Waals surface area (Å²) in [6.45, 7) is 2.49. The zero-order valence-electron chi connectivity index (χ0n) is 13.9. The summed E-state index contributed by atoms with van der Waals surface area (Å²) in [6.07, 6.45) is 3.03. The lowest BCUT2D eigenvalue weighted by Gasteiger charge is -2.39. The Labute approximate surface area is 140 Å². The highest BCUT2D eigenvalue weighted by atomic mass is 16.5. The van der Waals surface area contributed by atoms with Gasteiger partial charge in [-0.25, -0.2) is 0 Å². The number of nitrogens with one attached hydrogen (secondary N) is 1. The summed E-state index contributed by atoms with van der Waals surface area (Å²) in [5, 5.41) is 6.58. The Bertz CT molecular complexity index is 630. The maximum Gasteiger partial charge on any atom is 0.310 e. The van der Waals surface area contributed by atoms with E-state index in [-0.39, 0.29) is 48.8 Å². The van der Waals surface area contributed by atoms with Gasteiger partial charge in [-0.15, -0.1) is 0 Å². The molecular weight excluding hydrogens is 312 g/mol. The summed E-state index contributed by atoms with van der Waals surface area (Å²) in [6, 6.07) is 1.48. The van der Waals surface area contributed by atoms with E-state index in [1.807, 2.05) is 6.92 Å². The molecular formula is C16H22N4O4. The molecule has 3 atom stereocenters. The van der Waals surface area contributed by atoms with Crippen LogP contribution in [0.2, 0.25) is 0 Å². The van der Waals surface area contributed by atoms with Crippen LogP contribution in [-0.4, -0.2) is 70.1 Å². The number of carbonyl (C=O) groups excluding carboxylic acids is 3. The first-order valence-corrected chi connectivity index (χ1v) is 8.20. The van der Waals surface area contributed by atoms with Crippen LogP contribution in [0.4, 0.5) is 0 Å². The van der Waals surface area contributed by atoms with Gasteiger partial charge in [-0.3, -0.25) is 19.5 Å². The topological polar surface area (TPSA) is 95.6 Å². The molecule has 0 unspecified atom stereocenters. The molecule has 2 aliphatic heterocycles. The van der Waals surface area contributed by atoms with E-state index in [0.717, 1.165) is 5.69 Å². The number of rotatable bonds is 4. The Morgan fingerprint density at radius 3 is 2.88 bits per heavy atom. The van der Waals surface area contributed by atoms with E-state index in [2.05, 4.69) is 10.2 Å². The van der Waals surface area contributed by atoms with Crippen molar-refractivity contribution in [3.8, 4) is 0 Å². The minimum Gasteiger partial charge on any atom is -0.469 e. The van der Waals surface area contributed by atoms with E-state index in [9.17, 15) is 14.4 Å². The van der Waals surface area contributed by atoms with Crippen molar-refractivity contribution in [3.05, 3.63) is 18.0 Å². The Kier molecular flexibility index (Phi) is 4.55. The van der Waals surface area contributed by atoms with Gasteiger partial charge in [0, 0.05) is 24.5 Å². The molecule has 1 N–H and O–H groups in total. The van der Waals surface area contributed by atoms with Gasteiger partial charge < -0.3 is 14.5 Å². The molecule has 8 nitrogen and oxygen atoms in total. The molecule has 2 saturated heterocycles. The quantitative estimate of drug-likeness (QED) is 0.780. The highest BCUT2D eigenvalue weighted by molar-refractivity contribution is 5.88. The summed E-state index contributed by atoms with van der Waals surface area (Å²) < 4.78 is 4.88. The van der Waals surface area contributed by atoms with Crippen LogP contribution >= 0.6 is 0 Å². The number of H-pyrrole nitrogens is 1. The van der Waals surface area contributed by atoms with E-state index in [0.29, 0.717) is 19.4 Å². The number of hydrogen-bond acceptors (Lipinski definition) is 5. The molecule has 0 radical (unpaired) electrons. The molecule has 8 heteroatoms. The average Bonchev–Trinajstić information content (AvgIpc) is 3.20. The lowest BCUT2D eigenvalue weighted by Crippen LogP contribution is -2.57. The van der Waals surface area contributed by atoms with Crippen molar-refractivity contribution in [2.75, 3.05) is 20.2 Å². The van der Waals surface area contributed by atoms with Crippen LogP contribution in [0.1, 0.15) is 25.5 Å². The van der Waals surface area contributed by atoms with Crippen molar-refractivity contribution in [3.63, 3.8) is 0 Å². The van der Waals surface area contributed by atoms with Crippen molar-refractivity contribution >= 4 is 17.8 Å². The normalized spacial score (nSPS) is 26.4. The Balaban J connectivity index is 1.72. The summed E-state index contributed by atoms with van der Waals surface area (Å²) in [4.78, 5) is 40.4. The molecule has 3 heterocycles. The monoisotopic (exact) mass is 334 g/mol. The molecule has 0 bridgehead atoms. The van der Waals surface area contributed by atoms with Crippen molar-refractivity contribution in [1.29, 1.82) is 0 Å². The first kappa shape index (κ1) is 16.5. The van der Waals surface area contributed by atoms with Gasteiger partial charge in [-0.2, -0.15) is 5.10 Å². The first-order valence-electron chi connectivity index (χ1n) is 8.20. The smallest absolute Gasteiger partial charge is 0.310 e. The van der Waals surface area contributed by atoms with Crippen molar-refractivity contribution < 1.29 is 19.1 Å². The van der Waals surface area contributed by atoms with Crippen LogP contribution < -0.4 is 0 Å². The van der Waals surface area contributed by atoms with Crippen LogP contribution in [0, 0.1) is 5.92 Å². The Morgan fingerprint density at radius 2 is 2.25 bits per heavy atom. The lowest BCUT2D eigenvalue weighted by atomic mass is 9.97. The minimum absolute atomic E-state index is 0.0634. The maximum absolute atomic E-state index is 12.6. The second-order valence-corrected chi connectivity index (χ2v) is 6.33. The van der Waals surface area contributed by atoms with Crippen LogP contribution in [0.15, 0.2) is 12.3 Å². The number of carbonyl (C=O) groups is 3. The summed E-state index contributed by atoms with van der Waals surface area (Å²) in [7, 11) is 1.37. The minimum atomic E-state index is -0.309. The molecule has 2 amide bonds. The molecule has 0 aliphatic carbocycles. The van der Waals surface area contributed by atoms with Crippen LogP contribution in [-0.2, 0) is 25.5 Å². The maximum atomic E-state index is 12.6. The predicted molar refractivity (Wildman–Crippen MR) is 83.7 cm³/mol. The van der Waals surface area contributed by atoms with Crippen LogP contribution in [0.5, 0.6) is 0 Å². The summed E-state index contributed by atoms with van der Waals surface area (Å²) in [5.41, 5.74) is 0.722. The van der Waals surface area contributed by atoms with Crippen LogP contribution in [0.3, 0.4) is 0 Å². The number of amides is 2. The van der Waals surface area contributed by atoms with Gasteiger partial charge in [0.2, 0.25) is 11.8 Å². The van der Waals surface area contributed by atoms with E-state index in [1.165, 1.54) is 7.11 Å². The van der Waals surface area contributed by atoms with Crippen LogP contribution in [0.25, 0.3) is 0 Å². The Hall–Kier alpha value is -2.38. The average molecular weight is 334 g/mol. The summed E-state index contributed by atoms with van der Waals surface area (Å²) in [5.74, 6) is -0.791. The second-order valence-electron chi connectivity index (χ2n) is 6.33. The van der Waals surface area contributed by atoms with Gasteiger partial charge >= 0.3 is 5.97 Å². The first-order chi connectivity index (χ1) is 11.5. The van der Waals surface area contributed by atoms with E-state index < -0.39 is 0 Å². The largest absolute Gasteiger partial charge is 0.469 e. The molecule has 130 valence electrons. The molecule has 1 aromatic rings. The number of esters is 1. The highest BCUT2D eigenvalue weighted by Gasteiger charge is 2.49. The van der Waals surface area contributed by atoms with Gasteiger partial charge in [0.15, 0.2) is 0 Å². The highest BCUT2D eigenvalue weighted by Crippen LogP contribution is 2.35. The van der Waals surface area contributed by atoms with E-state index in [1.54, 1.807) is 22.1 Å². The number of aromatic nitrogens is 2. The van der Waals surface area contributed by atoms with Crippen molar-refractivity contribution in [2.45, 2.75) is 38.3 Å². The third kappa shape index (κ3) is 2.88. The molecule has 24 heavy (non-hydrogen) atoms. The Morgan fingerprint density at radius 1 is 1.46 bits per heavy atom. The van der Waals surface area contributed by atoms with Crippen molar-refractivity contribution in [1.82, 2.24) is 20.0 Å². The molecule has 3 rings (SSSR count). The third-order valence-electron chi connectivity index (χ3n) is 4.96. The number of piperazine rings is 1. The molecule has 0 aromatic carbocycles. The summed E-state index contributed by atoms with van der Waals surface area (Å²) >= 11 is 0. The molecule has 0 saturated carbocycles. The predicted octanol–water partition coefficient (Wildman–Crippen LogP) is -0.0369. The number of ether oxygens (including phenoxy) is 1. The number of aromatic amines is 1.